The second-order valence-corrected chi connectivity index (χ2v) is 6.76. The fraction of sp³-hybridized carbons (Fsp3) is 0.800. The van der Waals surface area contributed by atoms with E-state index < -0.39 is 10.0 Å². The van der Waals surface area contributed by atoms with E-state index in [0.29, 0.717) is 19.1 Å². The minimum Gasteiger partial charge on any atom is -0.313 e. The molecule has 0 aromatic heterocycles. The van der Waals surface area contributed by atoms with E-state index in [9.17, 15) is 8.42 Å². The molecule has 0 heterocycles. The van der Waals surface area contributed by atoms with Gasteiger partial charge in [-0.05, 0) is 0 Å². The van der Waals surface area contributed by atoms with Crippen molar-refractivity contribution < 1.29 is 8.42 Å². The molecule has 0 saturated carbocycles. The van der Waals surface area contributed by atoms with Gasteiger partial charge in [-0.25, -0.2) is 13.1 Å². The predicted octanol–water partition coefficient (Wildman–Crippen LogP) is 0.823. The van der Waals surface area contributed by atoms with Gasteiger partial charge in [-0.1, -0.05) is 19.9 Å². The van der Waals surface area contributed by atoms with Crippen LogP contribution in [0.5, 0.6) is 0 Å². The van der Waals surface area contributed by atoms with Gasteiger partial charge in [-0.15, -0.1) is 6.58 Å². The summed E-state index contributed by atoms with van der Waals surface area (Å²) in [7, 11) is -3.12. The molecule has 0 aromatic rings. The zero-order valence-electron chi connectivity index (χ0n) is 10.0. The zero-order chi connectivity index (χ0) is 12.4. The molecule has 0 bridgehead atoms. The van der Waals surface area contributed by atoms with E-state index >= 15 is 0 Å². The van der Waals surface area contributed by atoms with Crippen LogP contribution in [0.25, 0.3) is 0 Å². The van der Waals surface area contributed by atoms with Crippen LogP contribution in [0.3, 0.4) is 0 Å². The summed E-state index contributed by atoms with van der Waals surface area (Å²) in [6, 6.07) is 0.318. The molecule has 0 unspecified atom stereocenters. The average Bonchev–Trinajstić information content (AvgIpc) is 2.16. The fourth-order valence-electron chi connectivity index (χ4n) is 0.990. The van der Waals surface area contributed by atoms with Gasteiger partial charge in [-0.2, -0.15) is 11.8 Å². The highest BCUT2D eigenvalue weighted by atomic mass is 32.2. The molecule has 0 atom stereocenters. The van der Waals surface area contributed by atoms with Crippen molar-refractivity contribution in [2.45, 2.75) is 19.9 Å². The van der Waals surface area contributed by atoms with Gasteiger partial charge in [0.2, 0.25) is 10.0 Å². The van der Waals surface area contributed by atoms with Crippen LogP contribution in [0.15, 0.2) is 12.7 Å². The monoisotopic (exact) mass is 266 g/mol. The Kier molecular flexibility index (Phi) is 9.02. The number of hydrogen-bond donors (Lipinski definition) is 2. The lowest BCUT2D eigenvalue weighted by Crippen LogP contribution is -2.35. The lowest BCUT2D eigenvalue weighted by Gasteiger charge is -2.09. The first-order chi connectivity index (χ1) is 7.48. The van der Waals surface area contributed by atoms with E-state index in [4.69, 9.17) is 0 Å². The Morgan fingerprint density at radius 1 is 1.38 bits per heavy atom. The van der Waals surface area contributed by atoms with E-state index in [1.807, 2.05) is 19.9 Å². The Morgan fingerprint density at radius 2 is 2.06 bits per heavy atom. The third-order valence-electron chi connectivity index (χ3n) is 1.73. The molecule has 0 aliphatic carbocycles. The van der Waals surface area contributed by atoms with Crippen LogP contribution in [0.2, 0.25) is 0 Å². The summed E-state index contributed by atoms with van der Waals surface area (Å²) in [6.07, 6.45) is 1.81. The molecule has 16 heavy (non-hydrogen) atoms. The molecule has 0 aromatic carbocycles. The van der Waals surface area contributed by atoms with Crippen molar-refractivity contribution in [3.8, 4) is 0 Å². The summed E-state index contributed by atoms with van der Waals surface area (Å²) >= 11 is 1.66. The highest BCUT2D eigenvalue weighted by molar-refractivity contribution is 7.99. The summed E-state index contributed by atoms with van der Waals surface area (Å²) in [5.41, 5.74) is 0. The van der Waals surface area contributed by atoms with Crippen LogP contribution < -0.4 is 10.0 Å². The van der Waals surface area contributed by atoms with Gasteiger partial charge in [0, 0.05) is 30.6 Å². The van der Waals surface area contributed by atoms with Crippen LogP contribution in [-0.4, -0.2) is 44.8 Å². The largest absolute Gasteiger partial charge is 0.313 e. The zero-order valence-corrected chi connectivity index (χ0v) is 11.7. The van der Waals surface area contributed by atoms with Crippen molar-refractivity contribution in [1.29, 1.82) is 0 Å². The van der Waals surface area contributed by atoms with Crippen molar-refractivity contribution in [1.82, 2.24) is 10.0 Å². The van der Waals surface area contributed by atoms with Gasteiger partial charge >= 0.3 is 0 Å². The quantitative estimate of drug-likeness (QED) is 0.454. The summed E-state index contributed by atoms with van der Waals surface area (Å²) in [6.45, 7) is 8.56. The van der Waals surface area contributed by atoms with Crippen LogP contribution in [-0.2, 0) is 10.0 Å². The number of sulfonamides is 1. The third-order valence-corrected chi connectivity index (χ3v) is 4.08. The standard InChI is InChI=1S/C10H22N2O2S2/c1-4-7-15-8-5-12-16(13,14)9-6-11-10(2)3/h4,10-12H,1,5-9H2,2-3H3. The molecule has 0 aliphatic rings. The van der Waals surface area contributed by atoms with Gasteiger partial charge < -0.3 is 5.32 Å². The summed E-state index contributed by atoms with van der Waals surface area (Å²) < 4.78 is 25.5. The first-order valence-electron chi connectivity index (χ1n) is 5.37. The highest BCUT2D eigenvalue weighted by Gasteiger charge is 2.08. The van der Waals surface area contributed by atoms with E-state index in [-0.39, 0.29) is 5.75 Å². The SMILES string of the molecule is C=CCSCCNS(=O)(=O)CCNC(C)C. The molecule has 0 radical (unpaired) electrons. The second kappa shape index (κ2) is 9.04. The summed E-state index contributed by atoms with van der Waals surface area (Å²) in [5.74, 6) is 1.77. The minimum atomic E-state index is -3.12. The maximum Gasteiger partial charge on any atom is 0.212 e. The van der Waals surface area contributed by atoms with Gasteiger partial charge in [0.1, 0.15) is 0 Å². The smallest absolute Gasteiger partial charge is 0.212 e. The molecule has 0 aliphatic heterocycles. The second-order valence-electron chi connectivity index (χ2n) is 3.69. The lowest BCUT2D eigenvalue weighted by atomic mass is 10.4. The maximum atomic E-state index is 11.5. The molecule has 0 amide bonds. The molecular formula is C10H22N2O2S2. The fourth-order valence-corrected chi connectivity index (χ4v) is 2.64. The lowest BCUT2D eigenvalue weighted by molar-refractivity contribution is 0.569. The Labute approximate surface area is 103 Å². The molecule has 0 rings (SSSR count). The molecular weight excluding hydrogens is 244 g/mol. The number of nitrogens with one attached hydrogen (secondary N) is 2. The summed E-state index contributed by atoms with van der Waals surface area (Å²) in [4.78, 5) is 0. The normalized spacial score (nSPS) is 11.9. The van der Waals surface area contributed by atoms with E-state index in [1.54, 1.807) is 11.8 Å². The number of thioether (sulfide) groups is 1. The maximum absolute atomic E-state index is 11.5. The first kappa shape index (κ1) is 16.0. The van der Waals surface area contributed by atoms with Crippen molar-refractivity contribution in [2.75, 3.05) is 30.3 Å². The highest BCUT2D eigenvalue weighted by Crippen LogP contribution is 1.97. The molecule has 4 nitrogen and oxygen atoms in total. The van der Waals surface area contributed by atoms with Crippen LogP contribution in [0, 0.1) is 0 Å². The van der Waals surface area contributed by atoms with Gasteiger partial charge in [0.15, 0.2) is 0 Å². The van der Waals surface area contributed by atoms with E-state index in [2.05, 4.69) is 16.6 Å². The number of hydrogen-bond acceptors (Lipinski definition) is 4. The molecule has 2 N–H and O–H groups in total. The van der Waals surface area contributed by atoms with Gasteiger partial charge in [0.25, 0.3) is 0 Å². The summed E-state index contributed by atoms with van der Waals surface area (Å²) in [5, 5.41) is 3.07. The predicted molar refractivity (Wildman–Crippen MR) is 72.5 cm³/mol. The van der Waals surface area contributed by atoms with Crippen molar-refractivity contribution in [2.24, 2.45) is 0 Å². The molecule has 0 spiro atoms. The third kappa shape index (κ3) is 10.5. The van der Waals surface area contributed by atoms with Crippen molar-refractivity contribution in [3.63, 3.8) is 0 Å². The van der Waals surface area contributed by atoms with Crippen molar-refractivity contribution >= 4 is 21.8 Å². The number of rotatable bonds is 10. The first-order valence-corrected chi connectivity index (χ1v) is 8.18. The van der Waals surface area contributed by atoms with Crippen LogP contribution >= 0.6 is 11.8 Å². The molecule has 0 saturated heterocycles. The van der Waals surface area contributed by atoms with Crippen LogP contribution in [0.1, 0.15) is 13.8 Å². The molecule has 6 heteroatoms. The van der Waals surface area contributed by atoms with E-state index in [1.165, 1.54) is 0 Å². The average molecular weight is 266 g/mol. The van der Waals surface area contributed by atoms with E-state index in [0.717, 1.165) is 11.5 Å². The molecule has 0 fully saturated rings. The Balaban J connectivity index is 3.58. The topological polar surface area (TPSA) is 58.2 Å². The minimum absolute atomic E-state index is 0.136. The Hall–Kier alpha value is -0.0400. The Morgan fingerprint density at radius 3 is 2.62 bits per heavy atom. The van der Waals surface area contributed by atoms with Gasteiger partial charge in [-0.3, -0.25) is 0 Å². The Bertz CT molecular complexity index is 277. The van der Waals surface area contributed by atoms with Crippen LogP contribution in [0.4, 0.5) is 0 Å². The van der Waals surface area contributed by atoms with Gasteiger partial charge in [0.05, 0.1) is 5.75 Å². The molecule has 96 valence electrons. The van der Waals surface area contributed by atoms with Crippen molar-refractivity contribution in [3.05, 3.63) is 12.7 Å².